The number of carbonyl (C=O) groups is 1. The highest BCUT2D eigenvalue weighted by atomic mass is 16.7. The molecule has 1 aromatic carbocycles. The van der Waals surface area contributed by atoms with E-state index in [1.165, 1.54) is 0 Å². The Morgan fingerprint density at radius 1 is 1.29 bits per heavy atom. The number of ether oxygens (including phenoxy) is 2. The van der Waals surface area contributed by atoms with Gasteiger partial charge in [0.15, 0.2) is 6.10 Å². The quantitative estimate of drug-likeness (QED) is 0.579. The van der Waals surface area contributed by atoms with Gasteiger partial charge >= 0.3 is 6.16 Å². The summed E-state index contributed by atoms with van der Waals surface area (Å²) in [6.07, 6.45) is 3.86. The van der Waals surface area contributed by atoms with Crippen LogP contribution in [0.1, 0.15) is 32.4 Å². The van der Waals surface area contributed by atoms with Gasteiger partial charge in [0, 0.05) is 5.56 Å². The highest BCUT2D eigenvalue weighted by molar-refractivity contribution is 5.61. The van der Waals surface area contributed by atoms with Gasteiger partial charge in [-0.25, -0.2) is 4.79 Å². The van der Waals surface area contributed by atoms with Crippen molar-refractivity contribution in [1.29, 1.82) is 0 Å². The number of rotatable bonds is 2. The van der Waals surface area contributed by atoms with Crippen molar-refractivity contribution in [2.45, 2.75) is 32.5 Å². The number of hydrogen-bond acceptors (Lipinski definition) is 3. The highest BCUT2D eigenvalue weighted by Gasteiger charge is 2.21. The summed E-state index contributed by atoms with van der Waals surface area (Å²) in [6.45, 7) is 5.30. The van der Waals surface area contributed by atoms with Crippen molar-refractivity contribution < 1.29 is 14.3 Å². The molecule has 1 rings (SSSR count). The van der Waals surface area contributed by atoms with E-state index in [-0.39, 0.29) is 0 Å². The zero-order valence-electron chi connectivity index (χ0n) is 10.3. The van der Waals surface area contributed by atoms with Gasteiger partial charge in [0.05, 0.1) is 0 Å². The zero-order valence-corrected chi connectivity index (χ0v) is 10.3. The summed E-state index contributed by atoms with van der Waals surface area (Å²) in [4.78, 5) is 11.5. The summed E-state index contributed by atoms with van der Waals surface area (Å²) in [7, 11) is 0. The summed E-state index contributed by atoms with van der Waals surface area (Å²) < 4.78 is 10.1. The Morgan fingerprint density at radius 3 is 2.35 bits per heavy atom. The molecule has 17 heavy (non-hydrogen) atoms. The molecule has 0 aromatic heterocycles. The summed E-state index contributed by atoms with van der Waals surface area (Å²) in [5, 5.41) is 0. The second-order valence-electron chi connectivity index (χ2n) is 4.54. The van der Waals surface area contributed by atoms with Crippen molar-refractivity contribution in [2.24, 2.45) is 0 Å². The first kappa shape index (κ1) is 13.1. The number of carbonyl (C=O) groups excluding carboxylic acids is 1. The molecule has 0 N–H and O–H groups in total. The maximum atomic E-state index is 11.5. The van der Waals surface area contributed by atoms with Crippen LogP contribution in [0.25, 0.3) is 0 Å². The maximum Gasteiger partial charge on any atom is 0.510 e. The summed E-state index contributed by atoms with van der Waals surface area (Å²) in [5.74, 6) is 2.41. The van der Waals surface area contributed by atoms with Gasteiger partial charge in [0.25, 0.3) is 0 Å². The molecule has 1 unspecified atom stereocenters. The molecule has 0 aliphatic rings. The van der Waals surface area contributed by atoms with E-state index in [2.05, 4.69) is 5.92 Å². The van der Waals surface area contributed by atoms with E-state index in [4.69, 9.17) is 15.9 Å². The molecule has 0 aliphatic heterocycles. The van der Waals surface area contributed by atoms with Gasteiger partial charge in [-0.3, -0.25) is 0 Å². The number of benzene rings is 1. The van der Waals surface area contributed by atoms with Crippen molar-refractivity contribution in [3.63, 3.8) is 0 Å². The number of terminal acetylenes is 1. The van der Waals surface area contributed by atoms with Crippen molar-refractivity contribution in [3.8, 4) is 12.3 Å². The maximum absolute atomic E-state index is 11.5. The van der Waals surface area contributed by atoms with Gasteiger partial charge in [0.2, 0.25) is 0 Å². The van der Waals surface area contributed by atoms with E-state index in [9.17, 15) is 4.79 Å². The molecule has 90 valence electrons. The predicted octanol–water partition coefficient (Wildman–Crippen LogP) is 3.31. The third kappa shape index (κ3) is 4.60. The van der Waals surface area contributed by atoms with Gasteiger partial charge in [0.1, 0.15) is 5.60 Å². The minimum atomic E-state index is -0.760. The topological polar surface area (TPSA) is 35.5 Å². The van der Waals surface area contributed by atoms with E-state index in [1.54, 1.807) is 32.9 Å². The van der Waals surface area contributed by atoms with E-state index in [0.29, 0.717) is 0 Å². The summed E-state index contributed by atoms with van der Waals surface area (Å²) in [5.41, 5.74) is 0.160. The normalized spacial score (nSPS) is 12.4. The average molecular weight is 232 g/mol. The van der Waals surface area contributed by atoms with Crippen LogP contribution in [0.4, 0.5) is 4.79 Å². The van der Waals surface area contributed by atoms with E-state index in [0.717, 1.165) is 5.56 Å². The van der Waals surface area contributed by atoms with Gasteiger partial charge < -0.3 is 9.47 Å². The van der Waals surface area contributed by atoms with Gasteiger partial charge in [-0.05, 0) is 20.8 Å². The molecule has 1 aromatic rings. The lowest BCUT2D eigenvalue weighted by Crippen LogP contribution is -2.25. The fraction of sp³-hybridized carbons (Fsp3) is 0.357. The third-order valence-electron chi connectivity index (χ3n) is 1.86. The fourth-order valence-corrected chi connectivity index (χ4v) is 1.20. The van der Waals surface area contributed by atoms with E-state index < -0.39 is 17.9 Å². The third-order valence-corrected chi connectivity index (χ3v) is 1.86. The molecular weight excluding hydrogens is 216 g/mol. The molecule has 0 spiro atoms. The fourth-order valence-electron chi connectivity index (χ4n) is 1.20. The Morgan fingerprint density at radius 2 is 1.88 bits per heavy atom. The van der Waals surface area contributed by atoms with Crippen LogP contribution in [0.2, 0.25) is 0 Å². The standard InChI is InChI=1S/C14H16O3/c1-5-12(11-9-7-6-8-10-11)16-13(15)17-14(2,3)4/h1,6-10,12H,2-4H3. The first-order chi connectivity index (χ1) is 7.92. The molecular formula is C14H16O3. The molecule has 0 saturated heterocycles. The van der Waals surface area contributed by atoms with Crippen LogP contribution < -0.4 is 0 Å². The SMILES string of the molecule is C#CC(OC(=O)OC(C)(C)C)c1ccccc1. The second kappa shape index (κ2) is 5.40. The minimum Gasteiger partial charge on any atom is -0.429 e. The van der Waals surface area contributed by atoms with Gasteiger partial charge in [-0.15, -0.1) is 6.42 Å². The molecule has 1 atom stereocenters. The Kier molecular flexibility index (Phi) is 4.17. The van der Waals surface area contributed by atoms with Crippen molar-refractivity contribution in [1.82, 2.24) is 0 Å². The van der Waals surface area contributed by atoms with Crippen LogP contribution in [0.15, 0.2) is 30.3 Å². The highest BCUT2D eigenvalue weighted by Crippen LogP contribution is 2.18. The molecule has 3 heteroatoms. The first-order valence-corrected chi connectivity index (χ1v) is 5.33. The van der Waals surface area contributed by atoms with Crippen molar-refractivity contribution in [3.05, 3.63) is 35.9 Å². The Balaban J connectivity index is 2.67. The Hall–Kier alpha value is -1.95. The predicted molar refractivity (Wildman–Crippen MR) is 65.3 cm³/mol. The van der Waals surface area contributed by atoms with Crippen LogP contribution >= 0.6 is 0 Å². The average Bonchev–Trinajstić information content (AvgIpc) is 2.24. The molecule has 0 radical (unpaired) electrons. The van der Waals surface area contributed by atoms with E-state index in [1.807, 2.05) is 18.2 Å². The second-order valence-corrected chi connectivity index (χ2v) is 4.54. The summed E-state index contributed by atoms with van der Waals surface area (Å²) >= 11 is 0. The Labute approximate surface area is 102 Å². The lowest BCUT2D eigenvalue weighted by Gasteiger charge is -2.20. The smallest absolute Gasteiger partial charge is 0.429 e. The zero-order chi connectivity index (χ0) is 12.9. The van der Waals surface area contributed by atoms with Crippen molar-refractivity contribution in [2.75, 3.05) is 0 Å². The molecule has 0 aliphatic carbocycles. The van der Waals surface area contributed by atoms with Crippen LogP contribution in [-0.4, -0.2) is 11.8 Å². The lowest BCUT2D eigenvalue weighted by atomic mass is 10.1. The molecule has 0 saturated carbocycles. The van der Waals surface area contributed by atoms with Crippen LogP contribution in [0.5, 0.6) is 0 Å². The van der Waals surface area contributed by atoms with E-state index >= 15 is 0 Å². The summed E-state index contributed by atoms with van der Waals surface area (Å²) in [6, 6.07) is 9.13. The monoisotopic (exact) mass is 232 g/mol. The van der Waals surface area contributed by atoms with Crippen molar-refractivity contribution >= 4 is 6.16 Å². The molecule has 0 amide bonds. The lowest BCUT2D eigenvalue weighted by molar-refractivity contribution is -0.0173. The van der Waals surface area contributed by atoms with Gasteiger partial charge in [-0.1, -0.05) is 36.3 Å². The largest absolute Gasteiger partial charge is 0.510 e. The van der Waals surface area contributed by atoms with Crippen LogP contribution in [0, 0.1) is 12.3 Å². The molecule has 0 heterocycles. The molecule has 0 bridgehead atoms. The molecule has 0 fully saturated rings. The minimum absolute atomic E-state index is 0.590. The van der Waals surface area contributed by atoms with Crippen LogP contribution in [0.3, 0.4) is 0 Å². The first-order valence-electron chi connectivity index (χ1n) is 5.33. The van der Waals surface area contributed by atoms with Gasteiger partial charge in [-0.2, -0.15) is 0 Å². The van der Waals surface area contributed by atoms with Crippen LogP contribution in [-0.2, 0) is 9.47 Å². The molecule has 3 nitrogen and oxygen atoms in total. The Bertz CT molecular complexity index is 409. The number of hydrogen-bond donors (Lipinski definition) is 0.